The maximum absolute atomic E-state index is 12.5. The predicted molar refractivity (Wildman–Crippen MR) is 93.4 cm³/mol. The van der Waals surface area contributed by atoms with E-state index in [9.17, 15) is 4.79 Å². The number of amides is 1. The van der Waals surface area contributed by atoms with Crippen LogP contribution in [0.15, 0.2) is 36.4 Å². The van der Waals surface area contributed by atoms with Gasteiger partial charge in [0.1, 0.15) is 5.75 Å². The zero-order valence-electron chi connectivity index (χ0n) is 13.5. The van der Waals surface area contributed by atoms with Crippen LogP contribution in [0.1, 0.15) is 29.0 Å². The normalized spacial score (nSPS) is 19.3. The van der Waals surface area contributed by atoms with Crippen molar-refractivity contribution in [1.29, 1.82) is 0 Å². The summed E-state index contributed by atoms with van der Waals surface area (Å²) in [5.74, 6) is 1.17. The second-order valence-electron chi connectivity index (χ2n) is 6.15. The molecule has 1 fully saturated rings. The number of ether oxygens (including phenoxy) is 1. The molecule has 3 nitrogen and oxygen atoms in total. The molecular weight excluding hydrogens is 310 g/mol. The van der Waals surface area contributed by atoms with Gasteiger partial charge in [-0.15, -0.1) is 0 Å². The van der Waals surface area contributed by atoms with Gasteiger partial charge in [0.25, 0.3) is 0 Å². The van der Waals surface area contributed by atoms with Gasteiger partial charge in [0, 0.05) is 5.92 Å². The minimum atomic E-state index is 0.0140. The van der Waals surface area contributed by atoms with Crippen LogP contribution in [0.5, 0.6) is 5.75 Å². The Bertz CT molecular complexity index is 717. The first-order valence-electron chi connectivity index (χ1n) is 7.71. The van der Waals surface area contributed by atoms with Crippen molar-refractivity contribution in [2.45, 2.75) is 26.2 Å². The average Bonchev–Trinajstić information content (AvgIpc) is 3.31. The van der Waals surface area contributed by atoms with Crippen LogP contribution in [0.3, 0.4) is 0 Å². The van der Waals surface area contributed by atoms with E-state index in [4.69, 9.17) is 16.3 Å². The zero-order chi connectivity index (χ0) is 16.6. The highest BCUT2D eigenvalue weighted by atomic mass is 35.5. The van der Waals surface area contributed by atoms with Crippen LogP contribution in [0.25, 0.3) is 0 Å². The van der Waals surface area contributed by atoms with Gasteiger partial charge in [-0.3, -0.25) is 4.79 Å². The molecule has 3 rings (SSSR count). The first kappa shape index (κ1) is 15.9. The Kier molecular flexibility index (Phi) is 4.31. The lowest BCUT2D eigenvalue weighted by atomic mass is 10.1. The summed E-state index contributed by atoms with van der Waals surface area (Å²) >= 11 is 6.26. The van der Waals surface area contributed by atoms with Gasteiger partial charge in [-0.1, -0.05) is 29.8 Å². The predicted octanol–water partition coefficient (Wildman–Crippen LogP) is 4.71. The minimum Gasteiger partial charge on any atom is -0.497 e. The van der Waals surface area contributed by atoms with Gasteiger partial charge >= 0.3 is 0 Å². The first-order valence-corrected chi connectivity index (χ1v) is 8.09. The van der Waals surface area contributed by atoms with Gasteiger partial charge < -0.3 is 10.1 Å². The highest BCUT2D eigenvalue weighted by Gasteiger charge is 2.44. The third-order valence-corrected chi connectivity index (χ3v) is 4.65. The summed E-state index contributed by atoms with van der Waals surface area (Å²) in [6.07, 6.45) is 0.876. The molecule has 120 valence electrons. The number of methoxy groups -OCH3 is 1. The van der Waals surface area contributed by atoms with Crippen LogP contribution < -0.4 is 10.1 Å². The SMILES string of the molecule is COc1ccc(C2CC2C(=O)Nc2c(C)cc(C)cc2Cl)cc1. The molecule has 23 heavy (non-hydrogen) atoms. The van der Waals surface area contributed by atoms with Gasteiger partial charge in [-0.2, -0.15) is 0 Å². The number of hydrogen-bond donors (Lipinski definition) is 1. The van der Waals surface area contributed by atoms with Crippen molar-refractivity contribution in [3.05, 3.63) is 58.1 Å². The number of nitrogens with one attached hydrogen (secondary N) is 1. The zero-order valence-corrected chi connectivity index (χ0v) is 14.3. The van der Waals surface area contributed by atoms with Crippen LogP contribution in [0.4, 0.5) is 5.69 Å². The third-order valence-electron chi connectivity index (χ3n) is 4.35. The van der Waals surface area contributed by atoms with Gasteiger partial charge in [0.15, 0.2) is 0 Å². The van der Waals surface area contributed by atoms with Crippen molar-refractivity contribution in [2.75, 3.05) is 12.4 Å². The Morgan fingerprint density at radius 1 is 1.22 bits per heavy atom. The van der Waals surface area contributed by atoms with E-state index >= 15 is 0 Å². The Labute approximate surface area is 141 Å². The molecule has 1 aliphatic carbocycles. The van der Waals surface area contributed by atoms with Crippen LogP contribution >= 0.6 is 11.6 Å². The monoisotopic (exact) mass is 329 g/mol. The molecule has 0 spiro atoms. The molecule has 2 aromatic rings. The Balaban J connectivity index is 1.69. The van der Waals surface area contributed by atoms with E-state index in [2.05, 4.69) is 5.32 Å². The van der Waals surface area contributed by atoms with E-state index in [0.29, 0.717) is 5.02 Å². The van der Waals surface area contributed by atoms with Crippen molar-refractivity contribution < 1.29 is 9.53 Å². The summed E-state index contributed by atoms with van der Waals surface area (Å²) in [6, 6.07) is 11.8. The highest BCUT2D eigenvalue weighted by molar-refractivity contribution is 6.34. The van der Waals surface area contributed by atoms with Crippen LogP contribution in [-0.2, 0) is 4.79 Å². The number of carbonyl (C=O) groups is 1. The van der Waals surface area contributed by atoms with E-state index in [0.717, 1.165) is 29.0 Å². The molecule has 2 aromatic carbocycles. The third kappa shape index (κ3) is 3.35. The molecule has 1 N–H and O–H groups in total. The summed E-state index contributed by atoms with van der Waals surface area (Å²) in [5, 5.41) is 3.59. The van der Waals surface area contributed by atoms with Crippen molar-refractivity contribution >= 4 is 23.2 Å². The minimum absolute atomic E-state index is 0.0140. The molecule has 2 unspecified atom stereocenters. The molecular formula is C19H20ClNO2. The Morgan fingerprint density at radius 3 is 2.52 bits per heavy atom. The van der Waals surface area contributed by atoms with E-state index in [-0.39, 0.29) is 17.7 Å². The summed E-state index contributed by atoms with van der Waals surface area (Å²) in [4.78, 5) is 12.5. The average molecular weight is 330 g/mol. The summed E-state index contributed by atoms with van der Waals surface area (Å²) < 4.78 is 5.16. The number of halogens is 1. The number of benzene rings is 2. The molecule has 0 saturated heterocycles. The maximum atomic E-state index is 12.5. The van der Waals surface area contributed by atoms with E-state index in [1.807, 2.05) is 50.2 Å². The van der Waals surface area contributed by atoms with Crippen LogP contribution in [0, 0.1) is 19.8 Å². The number of aryl methyl sites for hydroxylation is 2. The molecule has 2 atom stereocenters. The Morgan fingerprint density at radius 2 is 1.91 bits per heavy atom. The lowest BCUT2D eigenvalue weighted by Crippen LogP contribution is -2.15. The fourth-order valence-electron chi connectivity index (χ4n) is 2.99. The van der Waals surface area contributed by atoms with E-state index < -0.39 is 0 Å². The van der Waals surface area contributed by atoms with E-state index in [1.165, 1.54) is 5.56 Å². The summed E-state index contributed by atoms with van der Waals surface area (Å²) in [7, 11) is 1.65. The number of carbonyl (C=O) groups excluding carboxylic acids is 1. The van der Waals surface area contributed by atoms with Gasteiger partial charge in [-0.25, -0.2) is 0 Å². The van der Waals surface area contributed by atoms with Crippen molar-refractivity contribution in [1.82, 2.24) is 0 Å². The molecule has 4 heteroatoms. The first-order chi connectivity index (χ1) is 11.0. The molecule has 0 heterocycles. The molecule has 1 saturated carbocycles. The summed E-state index contributed by atoms with van der Waals surface area (Å²) in [5.41, 5.74) is 3.98. The molecule has 1 aliphatic rings. The number of hydrogen-bond acceptors (Lipinski definition) is 2. The van der Waals surface area contributed by atoms with Crippen molar-refractivity contribution in [3.8, 4) is 5.75 Å². The standard InChI is InChI=1S/C19H20ClNO2/c1-11-8-12(2)18(17(20)9-11)21-19(22)16-10-15(16)13-4-6-14(23-3)7-5-13/h4-9,15-16H,10H2,1-3H3,(H,21,22). The van der Waals surface area contributed by atoms with Crippen molar-refractivity contribution in [3.63, 3.8) is 0 Å². The second-order valence-corrected chi connectivity index (χ2v) is 6.56. The maximum Gasteiger partial charge on any atom is 0.228 e. The molecule has 0 aromatic heterocycles. The van der Waals surface area contributed by atoms with Crippen LogP contribution in [0.2, 0.25) is 5.02 Å². The van der Waals surface area contributed by atoms with Gasteiger partial charge in [0.05, 0.1) is 17.8 Å². The van der Waals surface area contributed by atoms with Crippen molar-refractivity contribution in [2.24, 2.45) is 5.92 Å². The van der Waals surface area contributed by atoms with E-state index in [1.54, 1.807) is 7.11 Å². The molecule has 0 aliphatic heterocycles. The molecule has 1 amide bonds. The lowest BCUT2D eigenvalue weighted by Gasteiger charge is -2.11. The Hall–Kier alpha value is -2.00. The number of rotatable bonds is 4. The second kappa shape index (κ2) is 6.25. The topological polar surface area (TPSA) is 38.3 Å². The molecule has 0 radical (unpaired) electrons. The summed E-state index contributed by atoms with van der Waals surface area (Å²) in [6.45, 7) is 3.95. The fraction of sp³-hybridized carbons (Fsp3) is 0.316. The lowest BCUT2D eigenvalue weighted by molar-refractivity contribution is -0.117. The smallest absolute Gasteiger partial charge is 0.228 e. The quantitative estimate of drug-likeness (QED) is 0.882. The molecule has 0 bridgehead atoms. The van der Waals surface area contributed by atoms with Gasteiger partial charge in [0.2, 0.25) is 5.91 Å². The highest BCUT2D eigenvalue weighted by Crippen LogP contribution is 2.48. The number of anilines is 1. The largest absolute Gasteiger partial charge is 0.497 e. The van der Waals surface area contributed by atoms with Gasteiger partial charge in [-0.05, 0) is 61.1 Å². The fourth-order valence-corrected chi connectivity index (χ4v) is 3.36. The van der Waals surface area contributed by atoms with Crippen LogP contribution in [-0.4, -0.2) is 13.0 Å².